The molecule has 0 aliphatic rings. The minimum atomic E-state index is -1.06. The molecule has 0 aromatic carbocycles. The van der Waals surface area contributed by atoms with Gasteiger partial charge in [0, 0.05) is 0 Å². The molecule has 0 aliphatic carbocycles. The van der Waals surface area contributed by atoms with Gasteiger partial charge in [-0.15, -0.1) is 0 Å². The lowest BCUT2D eigenvalue weighted by Gasteiger charge is -1.93. The van der Waals surface area contributed by atoms with Crippen molar-refractivity contribution in [2.24, 2.45) is 0 Å². The van der Waals surface area contributed by atoms with E-state index in [2.05, 4.69) is 0 Å². The Kier molecular flexibility index (Phi) is 2.82. The molecule has 0 unspecified atom stereocenters. The molecule has 0 saturated carbocycles. The standard InChI is InChI=1S/C10H8O4S/c11-10(12)8-3-4-9(14-8)15-6-7-2-1-5-13-7/h1-5H,6H2,(H,11,12). The van der Waals surface area contributed by atoms with Crippen molar-refractivity contribution in [2.75, 3.05) is 0 Å². The first-order chi connectivity index (χ1) is 7.25. The summed E-state index contributed by atoms with van der Waals surface area (Å²) in [6.07, 6.45) is 1.60. The minimum absolute atomic E-state index is 0.0445. The van der Waals surface area contributed by atoms with Gasteiger partial charge in [0.15, 0.2) is 5.09 Å². The van der Waals surface area contributed by atoms with Crippen LogP contribution in [0.15, 0.2) is 44.5 Å². The maximum atomic E-state index is 10.5. The Bertz CT molecular complexity index is 444. The first-order valence-electron chi connectivity index (χ1n) is 4.24. The Morgan fingerprint density at radius 2 is 2.27 bits per heavy atom. The van der Waals surface area contributed by atoms with E-state index in [9.17, 15) is 4.79 Å². The third kappa shape index (κ3) is 2.44. The molecule has 0 spiro atoms. The number of hydrogen-bond donors (Lipinski definition) is 1. The van der Waals surface area contributed by atoms with Gasteiger partial charge in [-0.05, 0) is 24.3 Å². The van der Waals surface area contributed by atoms with Crippen LogP contribution in [0.25, 0.3) is 0 Å². The fraction of sp³-hybridized carbons (Fsp3) is 0.100. The zero-order valence-electron chi connectivity index (χ0n) is 7.67. The van der Waals surface area contributed by atoms with E-state index < -0.39 is 5.97 Å². The molecule has 4 nitrogen and oxygen atoms in total. The van der Waals surface area contributed by atoms with Gasteiger partial charge < -0.3 is 13.9 Å². The maximum absolute atomic E-state index is 10.5. The van der Waals surface area contributed by atoms with Crippen LogP contribution in [0.5, 0.6) is 0 Å². The fourth-order valence-electron chi connectivity index (χ4n) is 1.05. The molecule has 0 atom stereocenters. The van der Waals surface area contributed by atoms with Crippen molar-refractivity contribution in [3.8, 4) is 0 Å². The number of rotatable bonds is 4. The summed E-state index contributed by atoms with van der Waals surface area (Å²) in [6, 6.07) is 6.73. The van der Waals surface area contributed by atoms with E-state index in [1.165, 1.54) is 17.8 Å². The average Bonchev–Trinajstić information content (AvgIpc) is 2.86. The number of aromatic carboxylic acids is 1. The zero-order chi connectivity index (χ0) is 10.7. The Hall–Kier alpha value is -1.62. The van der Waals surface area contributed by atoms with Gasteiger partial charge in [-0.1, -0.05) is 11.8 Å². The first-order valence-corrected chi connectivity index (χ1v) is 5.22. The van der Waals surface area contributed by atoms with Crippen molar-refractivity contribution in [3.63, 3.8) is 0 Å². The second-order valence-electron chi connectivity index (χ2n) is 2.79. The molecule has 1 N–H and O–H groups in total. The van der Waals surface area contributed by atoms with Crippen LogP contribution in [0.1, 0.15) is 16.3 Å². The second kappa shape index (κ2) is 4.27. The number of hydrogen-bond acceptors (Lipinski definition) is 4. The van der Waals surface area contributed by atoms with Gasteiger partial charge >= 0.3 is 5.97 Å². The summed E-state index contributed by atoms with van der Waals surface area (Å²) in [4.78, 5) is 10.5. The van der Waals surface area contributed by atoms with E-state index >= 15 is 0 Å². The highest BCUT2D eigenvalue weighted by Crippen LogP contribution is 2.24. The van der Waals surface area contributed by atoms with Crippen LogP contribution in [0.2, 0.25) is 0 Å². The summed E-state index contributed by atoms with van der Waals surface area (Å²) < 4.78 is 10.2. The number of thioether (sulfide) groups is 1. The average molecular weight is 224 g/mol. The van der Waals surface area contributed by atoms with Gasteiger partial charge in [-0.3, -0.25) is 0 Å². The molecule has 2 heterocycles. The molecule has 0 fully saturated rings. The van der Waals surface area contributed by atoms with Crippen LogP contribution in [-0.2, 0) is 5.75 Å². The van der Waals surface area contributed by atoms with Gasteiger partial charge in [0.2, 0.25) is 5.76 Å². The van der Waals surface area contributed by atoms with Crippen LogP contribution >= 0.6 is 11.8 Å². The van der Waals surface area contributed by atoms with Gasteiger partial charge in [0.25, 0.3) is 0 Å². The molecule has 0 aliphatic heterocycles. The molecule has 15 heavy (non-hydrogen) atoms. The van der Waals surface area contributed by atoms with Crippen molar-refractivity contribution in [1.29, 1.82) is 0 Å². The highest BCUT2D eigenvalue weighted by molar-refractivity contribution is 7.98. The monoisotopic (exact) mass is 224 g/mol. The van der Waals surface area contributed by atoms with Crippen LogP contribution in [0.3, 0.4) is 0 Å². The predicted molar refractivity (Wildman–Crippen MR) is 53.9 cm³/mol. The first kappa shape index (κ1) is 9.92. The van der Waals surface area contributed by atoms with Crippen LogP contribution in [0.4, 0.5) is 0 Å². The summed E-state index contributed by atoms with van der Waals surface area (Å²) in [5.41, 5.74) is 0. The quantitative estimate of drug-likeness (QED) is 0.809. The third-order valence-electron chi connectivity index (χ3n) is 1.73. The molecule has 78 valence electrons. The fourth-order valence-corrected chi connectivity index (χ4v) is 1.81. The van der Waals surface area contributed by atoms with Crippen molar-refractivity contribution in [2.45, 2.75) is 10.8 Å². The van der Waals surface area contributed by atoms with Crippen molar-refractivity contribution in [1.82, 2.24) is 0 Å². The number of carboxylic acids is 1. The second-order valence-corrected chi connectivity index (χ2v) is 3.77. The van der Waals surface area contributed by atoms with E-state index in [0.29, 0.717) is 10.8 Å². The van der Waals surface area contributed by atoms with Gasteiger partial charge in [-0.2, -0.15) is 0 Å². The van der Waals surface area contributed by atoms with Crippen LogP contribution < -0.4 is 0 Å². The lowest BCUT2D eigenvalue weighted by atomic mass is 10.5. The molecule has 5 heteroatoms. The molecular formula is C10H8O4S. The maximum Gasteiger partial charge on any atom is 0.371 e. The number of carbonyl (C=O) groups is 1. The molecule has 2 rings (SSSR count). The highest BCUT2D eigenvalue weighted by atomic mass is 32.2. The molecular weight excluding hydrogens is 216 g/mol. The lowest BCUT2D eigenvalue weighted by molar-refractivity contribution is 0.0656. The highest BCUT2D eigenvalue weighted by Gasteiger charge is 2.09. The summed E-state index contributed by atoms with van der Waals surface area (Å²) in [7, 11) is 0. The number of carboxylic acid groups (broad SMARTS) is 1. The summed E-state index contributed by atoms with van der Waals surface area (Å²) in [5.74, 6) is 0.351. The van der Waals surface area contributed by atoms with Gasteiger partial charge in [-0.25, -0.2) is 4.79 Å². The zero-order valence-corrected chi connectivity index (χ0v) is 8.49. The van der Waals surface area contributed by atoms with E-state index in [4.69, 9.17) is 13.9 Å². The van der Waals surface area contributed by atoms with Crippen molar-refractivity contribution < 1.29 is 18.7 Å². The van der Waals surface area contributed by atoms with Gasteiger partial charge in [0.05, 0.1) is 12.0 Å². The smallest absolute Gasteiger partial charge is 0.371 e. The van der Waals surface area contributed by atoms with E-state index in [1.807, 2.05) is 6.07 Å². The van der Waals surface area contributed by atoms with Crippen molar-refractivity contribution >= 4 is 17.7 Å². The molecule has 2 aromatic rings. The number of furan rings is 2. The molecule has 2 aromatic heterocycles. The normalized spacial score (nSPS) is 10.4. The van der Waals surface area contributed by atoms with E-state index in [0.717, 1.165) is 5.76 Å². The predicted octanol–water partition coefficient (Wildman–Crippen LogP) is 2.86. The third-order valence-corrected chi connectivity index (χ3v) is 2.66. The Labute approximate surface area is 89.9 Å². The lowest BCUT2D eigenvalue weighted by Crippen LogP contribution is -1.91. The SMILES string of the molecule is O=C(O)c1ccc(SCc2ccco2)o1. The topological polar surface area (TPSA) is 63.6 Å². The van der Waals surface area contributed by atoms with E-state index in [1.54, 1.807) is 18.4 Å². The van der Waals surface area contributed by atoms with E-state index in [-0.39, 0.29) is 5.76 Å². The van der Waals surface area contributed by atoms with Crippen LogP contribution in [-0.4, -0.2) is 11.1 Å². The molecule has 0 bridgehead atoms. The van der Waals surface area contributed by atoms with Gasteiger partial charge in [0.1, 0.15) is 5.76 Å². The summed E-state index contributed by atoms with van der Waals surface area (Å²) >= 11 is 1.39. The molecule has 0 saturated heterocycles. The Morgan fingerprint density at radius 1 is 1.40 bits per heavy atom. The molecule has 0 amide bonds. The van der Waals surface area contributed by atoms with Crippen molar-refractivity contribution in [3.05, 3.63) is 42.0 Å². The molecule has 0 radical (unpaired) electrons. The summed E-state index contributed by atoms with van der Waals surface area (Å²) in [5, 5.41) is 9.20. The Balaban J connectivity index is 1.96. The Morgan fingerprint density at radius 3 is 2.87 bits per heavy atom. The largest absolute Gasteiger partial charge is 0.475 e. The van der Waals surface area contributed by atoms with Crippen LogP contribution in [0, 0.1) is 0 Å². The minimum Gasteiger partial charge on any atom is -0.475 e. The summed E-state index contributed by atoms with van der Waals surface area (Å²) in [6.45, 7) is 0.